The van der Waals surface area contributed by atoms with E-state index < -0.39 is 0 Å². The van der Waals surface area contributed by atoms with Gasteiger partial charge in [0.25, 0.3) is 5.91 Å². The first-order valence-electron chi connectivity index (χ1n) is 10.2. The molecule has 1 heterocycles. The number of amides is 1. The van der Waals surface area contributed by atoms with Crippen molar-refractivity contribution in [3.63, 3.8) is 0 Å². The van der Waals surface area contributed by atoms with Gasteiger partial charge in [0.05, 0.1) is 33.0 Å². The van der Waals surface area contributed by atoms with E-state index >= 15 is 0 Å². The largest absolute Gasteiger partial charge is 0.493 e. The molecule has 0 saturated carbocycles. The van der Waals surface area contributed by atoms with Gasteiger partial charge in [-0.15, -0.1) is 0 Å². The summed E-state index contributed by atoms with van der Waals surface area (Å²) < 4.78 is 17.1. The third-order valence-electron chi connectivity index (χ3n) is 5.23. The van der Waals surface area contributed by atoms with Crippen molar-refractivity contribution in [3.8, 4) is 16.9 Å². The molecule has 0 unspecified atom stereocenters. The van der Waals surface area contributed by atoms with E-state index in [0.29, 0.717) is 38.6 Å². The first-order chi connectivity index (χ1) is 14.6. The van der Waals surface area contributed by atoms with Crippen molar-refractivity contribution >= 4 is 16.7 Å². The predicted molar refractivity (Wildman–Crippen MR) is 118 cm³/mol. The molecular formula is C25H27NO4. The Kier molecular flexibility index (Phi) is 6.31. The highest BCUT2D eigenvalue weighted by molar-refractivity contribution is 5.95. The average molecular weight is 405 g/mol. The Morgan fingerprint density at radius 2 is 1.67 bits per heavy atom. The predicted octanol–water partition coefficient (Wildman–Crippen LogP) is 4.25. The second-order valence-corrected chi connectivity index (χ2v) is 7.83. The molecule has 0 radical (unpaired) electrons. The van der Waals surface area contributed by atoms with Gasteiger partial charge in [0.2, 0.25) is 0 Å². The van der Waals surface area contributed by atoms with E-state index in [2.05, 4.69) is 30.3 Å². The molecule has 1 amide bonds. The average Bonchev–Trinajstić information content (AvgIpc) is 3.05. The lowest BCUT2D eigenvalue weighted by atomic mass is 9.99. The number of hydrogen-bond donors (Lipinski definition) is 0. The molecule has 4 rings (SSSR count). The monoisotopic (exact) mass is 405 g/mol. The minimum absolute atomic E-state index is 0.000188. The van der Waals surface area contributed by atoms with E-state index in [4.69, 9.17) is 14.2 Å². The van der Waals surface area contributed by atoms with Crippen molar-refractivity contribution in [2.75, 3.05) is 47.1 Å². The zero-order valence-corrected chi connectivity index (χ0v) is 17.5. The lowest BCUT2D eigenvalue weighted by Crippen LogP contribution is -2.21. The Morgan fingerprint density at radius 3 is 2.43 bits per heavy atom. The number of rotatable bonds is 5. The molecule has 0 aliphatic carbocycles. The maximum absolute atomic E-state index is 12.3. The summed E-state index contributed by atoms with van der Waals surface area (Å²) in [5, 5.41) is 2.25. The topological polar surface area (TPSA) is 48.0 Å². The standard InChI is InChI=1S/C25H27NO4/c1-26(2)25(27)22-5-3-4-20(12-22)21-7-6-19-8-9-24(14-23(19)13-21)30-17-18-15-28-10-11-29-16-18/h3-9,12-14,18H,10-11,15-17H2,1-2H3. The lowest BCUT2D eigenvalue weighted by Gasteiger charge is -2.15. The Hall–Kier alpha value is -2.89. The first kappa shape index (κ1) is 20.4. The summed E-state index contributed by atoms with van der Waals surface area (Å²) in [7, 11) is 3.53. The van der Waals surface area contributed by atoms with Gasteiger partial charge in [-0.25, -0.2) is 0 Å². The SMILES string of the molecule is CN(C)C(=O)c1cccc(-c2ccc3ccc(OCC4COCCOC4)cc3c2)c1. The molecule has 0 aromatic heterocycles. The quantitative estimate of drug-likeness (QED) is 0.637. The number of carbonyl (C=O) groups is 1. The molecule has 5 nitrogen and oxygen atoms in total. The van der Waals surface area contributed by atoms with E-state index in [1.54, 1.807) is 19.0 Å². The van der Waals surface area contributed by atoms with Crippen LogP contribution in [-0.4, -0.2) is 57.9 Å². The molecule has 1 saturated heterocycles. The molecule has 5 heteroatoms. The van der Waals surface area contributed by atoms with Gasteiger partial charge in [-0.2, -0.15) is 0 Å². The zero-order chi connectivity index (χ0) is 20.9. The molecule has 3 aromatic carbocycles. The highest BCUT2D eigenvalue weighted by Gasteiger charge is 2.14. The van der Waals surface area contributed by atoms with E-state index in [1.807, 2.05) is 30.3 Å². The summed E-state index contributed by atoms with van der Waals surface area (Å²) in [5.74, 6) is 1.08. The Labute approximate surface area is 177 Å². The van der Waals surface area contributed by atoms with Crippen molar-refractivity contribution in [2.45, 2.75) is 0 Å². The fourth-order valence-corrected chi connectivity index (χ4v) is 3.56. The van der Waals surface area contributed by atoms with Gasteiger partial charge in [0.15, 0.2) is 0 Å². The second kappa shape index (κ2) is 9.28. The number of hydrogen-bond acceptors (Lipinski definition) is 4. The molecule has 1 aliphatic rings. The number of fused-ring (bicyclic) bond motifs is 1. The molecule has 0 atom stereocenters. The van der Waals surface area contributed by atoms with E-state index in [0.717, 1.165) is 27.6 Å². The summed E-state index contributed by atoms with van der Waals surface area (Å²) >= 11 is 0. The van der Waals surface area contributed by atoms with Crippen LogP contribution in [0.15, 0.2) is 60.7 Å². The van der Waals surface area contributed by atoms with Crippen LogP contribution in [0.3, 0.4) is 0 Å². The Bertz CT molecular complexity index is 1020. The number of nitrogens with zero attached hydrogens (tertiary/aromatic N) is 1. The first-order valence-corrected chi connectivity index (χ1v) is 10.2. The second-order valence-electron chi connectivity index (χ2n) is 7.83. The highest BCUT2D eigenvalue weighted by Crippen LogP contribution is 2.28. The van der Waals surface area contributed by atoms with Crippen LogP contribution in [0, 0.1) is 5.92 Å². The third kappa shape index (κ3) is 4.81. The normalized spacial score (nSPS) is 15.0. The zero-order valence-electron chi connectivity index (χ0n) is 17.5. The summed E-state index contributed by atoms with van der Waals surface area (Å²) in [6.07, 6.45) is 0. The van der Waals surface area contributed by atoms with Gasteiger partial charge in [-0.1, -0.05) is 30.3 Å². The maximum Gasteiger partial charge on any atom is 0.253 e. The van der Waals surface area contributed by atoms with Crippen molar-refractivity contribution < 1.29 is 19.0 Å². The molecule has 1 fully saturated rings. The van der Waals surface area contributed by atoms with Crippen LogP contribution in [0.2, 0.25) is 0 Å². The fraction of sp³-hybridized carbons (Fsp3) is 0.320. The maximum atomic E-state index is 12.3. The summed E-state index contributed by atoms with van der Waals surface area (Å²) in [6, 6.07) is 20.2. The van der Waals surface area contributed by atoms with Crippen molar-refractivity contribution in [2.24, 2.45) is 5.92 Å². The molecule has 0 spiro atoms. The van der Waals surface area contributed by atoms with E-state index in [9.17, 15) is 4.79 Å². The highest BCUT2D eigenvalue weighted by atomic mass is 16.5. The van der Waals surface area contributed by atoms with Crippen molar-refractivity contribution in [3.05, 3.63) is 66.2 Å². The number of carbonyl (C=O) groups excluding carboxylic acids is 1. The van der Waals surface area contributed by atoms with Crippen LogP contribution in [-0.2, 0) is 9.47 Å². The van der Waals surface area contributed by atoms with Gasteiger partial charge in [-0.3, -0.25) is 4.79 Å². The molecule has 1 aliphatic heterocycles. The Balaban J connectivity index is 1.54. The van der Waals surface area contributed by atoms with Crippen LogP contribution in [0.4, 0.5) is 0 Å². The van der Waals surface area contributed by atoms with Gasteiger partial charge >= 0.3 is 0 Å². The molecule has 156 valence electrons. The summed E-state index contributed by atoms with van der Waals surface area (Å²) in [5.41, 5.74) is 2.77. The molecule has 0 bridgehead atoms. The van der Waals surface area contributed by atoms with E-state index in [-0.39, 0.29) is 11.8 Å². The minimum atomic E-state index is -0.000188. The third-order valence-corrected chi connectivity index (χ3v) is 5.23. The Morgan fingerprint density at radius 1 is 0.933 bits per heavy atom. The minimum Gasteiger partial charge on any atom is -0.493 e. The van der Waals surface area contributed by atoms with Gasteiger partial charge in [0, 0.05) is 25.6 Å². The van der Waals surface area contributed by atoms with Crippen molar-refractivity contribution in [1.82, 2.24) is 4.90 Å². The molecule has 3 aromatic rings. The van der Waals surface area contributed by atoms with Crippen LogP contribution in [0.25, 0.3) is 21.9 Å². The molecule has 30 heavy (non-hydrogen) atoms. The summed E-state index contributed by atoms with van der Waals surface area (Å²) in [6.45, 7) is 3.20. The molecular weight excluding hydrogens is 378 g/mol. The van der Waals surface area contributed by atoms with Crippen LogP contribution in [0.1, 0.15) is 10.4 Å². The van der Waals surface area contributed by atoms with Gasteiger partial charge in [-0.05, 0) is 52.2 Å². The number of ether oxygens (including phenoxy) is 3. The van der Waals surface area contributed by atoms with E-state index in [1.165, 1.54) is 0 Å². The summed E-state index contributed by atoms with van der Waals surface area (Å²) in [4.78, 5) is 13.9. The lowest BCUT2D eigenvalue weighted by molar-refractivity contribution is 0.0827. The van der Waals surface area contributed by atoms with Crippen LogP contribution < -0.4 is 4.74 Å². The van der Waals surface area contributed by atoms with Crippen LogP contribution >= 0.6 is 0 Å². The fourth-order valence-electron chi connectivity index (χ4n) is 3.56. The van der Waals surface area contributed by atoms with Gasteiger partial charge < -0.3 is 19.1 Å². The van der Waals surface area contributed by atoms with Gasteiger partial charge in [0.1, 0.15) is 5.75 Å². The number of benzene rings is 3. The molecule has 0 N–H and O–H groups in total. The van der Waals surface area contributed by atoms with Crippen molar-refractivity contribution in [1.29, 1.82) is 0 Å². The van der Waals surface area contributed by atoms with Crippen LogP contribution in [0.5, 0.6) is 5.75 Å². The smallest absolute Gasteiger partial charge is 0.253 e.